The fourth-order valence-electron chi connectivity index (χ4n) is 1.61. The fourth-order valence-corrected chi connectivity index (χ4v) is 1.61. The number of hydrogen-bond acceptors (Lipinski definition) is 3. The maximum Gasteiger partial charge on any atom is 0.213 e. The van der Waals surface area contributed by atoms with Gasteiger partial charge in [-0.3, -0.25) is 10.2 Å². The zero-order valence-electron chi connectivity index (χ0n) is 11.9. The molecule has 21 heavy (non-hydrogen) atoms. The Hall–Kier alpha value is -2.94. The summed E-state index contributed by atoms with van der Waals surface area (Å²) in [6.45, 7) is 14.6. The normalized spacial score (nSPS) is 10.2. The SMILES string of the molecule is C=CC(=NNc1ccccc1)C(=O)C(C=C)=C(C=C)C=C. The van der Waals surface area contributed by atoms with Gasteiger partial charge in [-0.2, -0.15) is 5.10 Å². The van der Waals surface area contributed by atoms with E-state index in [1.807, 2.05) is 30.3 Å². The number of ketones is 1. The first-order valence-electron chi connectivity index (χ1n) is 6.35. The molecule has 0 unspecified atom stereocenters. The highest BCUT2D eigenvalue weighted by atomic mass is 16.1. The first kappa shape index (κ1) is 16.1. The fraction of sp³-hybridized carbons (Fsp3) is 0. The molecule has 0 atom stereocenters. The van der Waals surface area contributed by atoms with Crippen LogP contribution in [-0.2, 0) is 4.79 Å². The van der Waals surface area contributed by atoms with E-state index in [1.54, 1.807) is 12.2 Å². The number of para-hydroxylation sites is 1. The quantitative estimate of drug-likeness (QED) is 0.337. The predicted octanol–water partition coefficient (Wildman–Crippen LogP) is 4.06. The largest absolute Gasteiger partial charge is 0.287 e. The van der Waals surface area contributed by atoms with E-state index in [0.29, 0.717) is 11.1 Å². The lowest BCUT2D eigenvalue weighted by molar-refractivity contribution is -0.109. The van der Waals surface area contributed by atoms with E-state index in [-0.39, 0.29) is 11.5 Å². The Labute approximate surface area is 125 Å². The van der Waals surface area contributed by atoms with Crippen molar-refractivity contribution < 1.29 is 4.79 Å². The molecule has 0 bridgehead atoms. The summed E-state index contributed by atoms with van der Waals surface area (Å²) in [6.07, 6.45) is 5.95. The molecule has 0 spiro atoms. The van der Waals surface area contributed by atoms with Crippen LogP contribution in [0.4, 0.5) is 5.69 Å². The Morgan fingerprint density at radius 3 is 2.05 bits per heavy atom. The Morgan fingerprint density at radius 1 is 0.952 bits per heavy atom. The summed E-state index contributed by atoms with van der Waals surface area (Å²) in [5, 5.41) is 4.08. The van der Waals surface area contributed by atoms with E-state index in [2.05, 4.69) is 36.8 Å². The number of anilines is 1. The van der Waals surface area contributed by atoms with Crippen LogP contribution in [0.15, 0.2) is 97.2 Å². The van der Waals surface area contributed by atoms with Crippen molar-refractivity contribution in [1.82, 2.24) is 0 Å². The minimum Gasteiger partial charge on any atom is -0.287 e. The van der Waals surface area contributed by atoms with Gasteiger partial charge in [0.15, 0.2) is 0 Å². The van der Waals surface area contributed by atoms with Crippen LogP contribution in [0.5, 0.6) is 0 Å². The number of carbonyl (C=O) groups is 1. The molecule has 1 rings (SSSR count). The third-order valence-electron chi connectivity index (χ3n) is 2.70. The molecule has 3 nitrogen and oxygen atoms in total. The molecular weight excluding hydrogens is 260 g/mol. The van der Waals surface area contributed by atoms with Gasteiger partial charge in [0.1, 0.15) is 5.71 Å². The monoisotopic (exact) mass is 278 g/mol. The summed E-state index contributed by atoms with van der Waals surface area (Å²) in [5.41, 5.74) is 4.77. The van der Waals surface area contributed by atoms with Crippen molar-refractivity contribution in [3.05, 3.63) is 92.1 Å². The number of allylic oxidation sites excluding steroid dienone is 6. The van der Waals surface area contributed by atoms with Gasteiger partial charge in [0.25, 0.3) is 0 Å². The van der Waals surface area contributed by atoms with Crippen molar-refractivity contribution in [2.45, 2.75) is 0 Å². The van der Waals surface area contributed by atoms with Crippen molar-refractivity contribution >= 4 is 17.2 Å². The summed E-state index contributed by atoms with van der Waals surface area (Å²) < 4.78 is 0. The lowest BCUT2D eigenvalue weighted by atomic mass is 10.0. The van der Waals surface area contributed by atoms with Crippen LogP contribution in [0.1, 0.15) is 0 Å². The molecule has 1 N–H and O–H groups in total. The van der Waals surface area contributed by atoms with Crippen LogP contribution in [0.25, 0.3) is 0 Å². The van der Waals surface area contributed by atoms with E-state index < -0.39 is 0 Å². The minimum atomic E-state index is -0.293. The van der Waals surface area contributed by atoms with Gasteiger partial charge in [-0.15, -0.1) is 0 Å². The summed E-state index contributed by atoms with van der Waals surface area (Å²) >= 11 is 0. The van der Waals surface area contributed by atoms with Crippen LogP contribution in [-0.4, -0.2) is 11.5 Å². The van der Waals surface area contributed by atoms with E-state index in [4.69, 9.17) is 0 Å². The molecule has 0 fully saturated rings. The van der Waals surface area contributed by atoms with Crippen LogP contribution in [0.2, 0.25) is 0 Å². The zero-order valence-corrected chi connectivity index (χ0v) is 11.9. The average molecular weight is 278 g/mol. The molecule has 0 saturated carbocycles. The topological polar surface area (TPSA) is 41.5 Å². The first-order chi connectivity index (χ1) is 10.2. The third kappa shape index (κ3) is 4.28. The smallest absolute Gasteiger partial charge is 0.213 e. The van der Waals surface area contributed by atoms with E-state index >= 15 is 0 Å². The molecule has 0 aliphatic carbocycles. The molecule has 0 aliphatic rings. The second-order valence-corrected chi connectivity index (χ2v) is 3.99. The molecule has 0 heterocycles. The maximum atomic E-state index is 12.4. The highest BCUT2D eigenvalue weighted by Crippen LogP contribution is 2.12. The number of nitrogens with zero attached hydrogens (tertiary/aromatic N) is 1. The van der Waals surface area contributed by atoms with Gasteiger partial charge in [-0.1, -0.05) is 62.7 Å². The van der Waals surface area contributed by atoms with Gasteiger partial charge in [-0.25, -0.2) is 0 Å². The van der Waals surface area contributed by atoms with Gasteiger partial charge in [-0.05, 0) is 23.8 Å². The summed E-state index contributed by atoms with van der Waals surface area (Å²) in [7, 11) is 0. The number of Topliss-reactive ketones (excluding diaryl/α,β-unsaturated/α-hetero) is 1. The molecule has 0 aromatic heterocycles. The van der Waals surface area contributed by atoms with Crippen LogP contribution >= 0.6 is 0 Å². The lowest BCUT2D eigenvalue weighted by Gasteiger charge is -2.06. The molecule has 1 aromatic carbocycles. The van der Waals surface area contributed by atoms with E-state index in [9.17, 15) is 4.79 Å². The van der Waals surface area contributed by atoms with E-state index in [0.717, 1.165) is 5.69 Å². The van der Waals surface area contributed by atoms with Crippen LogP contribution in [0, 0.1) is 0 Å². The molecule has 3 heteroatoms. The van der Waals surface area contributed by atoms with Gasteiger partial charge >= 0.3 is 0 Å². The van der Waals surface area contributed by atoms with Crippen molar-refractivity contribution in [3.8, 4) is 0 Å². The van der Waals surface area contributed by atoms with Gasteiger partial charge in [0.05, 0.1) is 5.69 Å². The van der Waals surface area contributed by atoms with Crippen molar-refractivity contribution in [1.29, 1.82) is 0 Å². The van der Waals surface area contributed by atoms with Crippen molar-refractivity contribution in [2.24, 2.45) is 5.10 Å². The minimum absolute atomic E-state index is 0.190. The predicted molar refractivity (Wildman–Crippen MR) is 90.3 cm³/mol. The number of hydrogen-bond donors (Lipinski definition) is 1. The van der Waals surface area contributed by atoms with Gasteiger partial charge in [0, 0.05) is 5.57 Å². The number of carbonyl (C=O) groups excluding carboxylic acids is 1. The Bertz CT molecular complexity index is 612. The zero-order chi connectivity index (χ0) is 15.7. The maximum absolute atomic E-state index is 12.4. The first-order valence-corrected chi connectivity index (χ1v) is 6.35. The molecular formula is C18H18N2O. The summed E-state index contributed by atoms with van der Waals surface area (Å²) in [6, 6.07) is 9.33. The van der Waals surface area contributed by atoms with Crippen LogP contribution in [0.3, 0.4) is 0 Å². The Kier molecular flexibility index (Phi) is 6.35. The molecule has 0 radical (unpaired) electrons. The average Bonchev–Trinajstić information content (AvgIpc) is 2.53. The lowest BCUT2D eigenvalue weighted by Crippen LogP contribution is -2.16. The standard InChI is InChI=1S/C18H18N2O/c1-5-14(6-2)16(7-3)18(21)17(8-4)20-19-15-12-10-9-11-13-15/h5-13,19H,1-4H2. The number of rotatable bonds is 8. The second kappa shape index (κ2) is 8.27. The van der Waals surface area contributed by atoms with Gasteiger partial charge < -0.3 is 0 Å². The highest BCUT2D eigenvalue weighted by Gasteiger charge is 2.14. The number of benzene rings is 1. The number of hydrazone groups is 1. The molecule has 0 amide bonds. The third-order valence-corrected chi connectivity index (χ3v) is 2.70. The molecule has 0 saturated heterocycles. The Morgan fingerprint density at radius 2 is 1.57 bits per heavy atom. The highest BCUT2D eigenvalue weighted by molar-refractivity contribution is 6.50. The molecule has 1 aromatic rings. The van der Waals surface area contributed by atoms with E-state index in [1.165, 1.54) is 12.2 Å². The van der Waals surface area contributed by atoms with Gasteiger partial charge in [0.2, 0.25) is 5.78 Å². The summed E-state index contributed by atoms with van der Waals surface area (Å²) in [5.74, 6) is -0.293. The van der Waals surface area contributed by atoms with Crippen LogP contribution < -0.4 is 5.43 Å². The molecule has 106 valence electrons. The Balaban J connectivity index is 3.09. The summed E-state index contributed by atoms with van der Waals surface area (Å²) in [4.78, 5) is 12.4. The van der Waals surface area contributed by atoms with Crippen molar-refractivity contribution in [2.75, 3.05) is 5.43 Å². The number of nitrogens with one attached hydrogen (secondary N) is 1. The van der Waals surface area contributed by atoms with Crippen molar-refractivity contribution in [3.63, 3.8) is 0 Å². The second-order valence-electron chi connectivity index (χ2n) is 3.99. The molecule has 0 aliphatic heterocycles.